The molecule has 5 rings (SSSR count). The van der Waals surface area contributed by atoms with E-state index in [1.807, 2.05) is 45.2 Å². The quantitative estimate of drug-likeness (QED) is 0.549. The largest absolute Gasteiger partial charge is 0.353 e. The van der Waals surface area contributed by atoms with Crippen molar-refractivity contribution in [2.45, 2.75) is 51.6 Å². The highest BCUT2D eigenvalue weighted by molar-refractivity contribution is 5.78. The second kappa shape index (κ2) is 7.68. The molecule has 3 heterocycles. The number of para-hydroxylation sites is 2. The zero-order valence-corrected chi connectivity index (χ0v) is 18.1. The Morgan fingerprint density at radius 2 is 1.77 bits per heavy atom. The van der Waals surface area contributed by atoms with Gasteiger partial charge in [-0.05, 0) is 63.8 Å². The van der Waals surface area contributed by atoms with Crippen molar-refractivity contribution >= 4 is 17.0 Å². The molecule has 1 aromatic carbocycles. The maximum atomic E-state index is 12.6. The van der Waals surface area contributed by atoms with E-state index in [4.69, 9.17) is 4.98 Å². The first-order valence-electron chi connectivity index (χ1n) is 10.8. The van der Waals surface area contributed by atoms with Crippen molar-refractivity contribution in [3.05, 3.63) is 64.2 Å². The van der Waals surface area contributed by atoms with E-state index in [1.165, 1.54) is 0 Å². The fraction of sp³-hybridized carbons (Fsp3) is 0.391. The van der Waals surface area contributed by atoms with Gasteiger partial charge >= 0.3 is 0 Å². The lowest BCUT2D eigenvalue weighted by Crippen LogP contribution is -2.34. The Morgan fingerprint density at radius 3 is 2.48 bits per heavy atom. The molecule has 1 saturated carbocycles. The van der Waals surface area contributed by atoms with Crippen molar-refractivity contribution < 1.29 is 0 Å². The number of nitrogens with zero attached hydrogens (tertiary/aromatic N) is 6. The standard InChI is InChI=1S/C23H27N7O/c1-15-14-16(2)29(26-15)21-12-13-22(31)30(27-21)18-10-8-17(9-11-18)24-23-25-19-6-4-5-7-20(19)28(23)3/h4-7,12-14,17-18H,8-11H2,1-3H3,(H,24,25). The van der Waals surface area contributed by atoms with Crippen LogP contribution in [0.4, 0.5) is 5.95 Å². The van der Waals surface area contributed by atoms with Crippen LogP contribution in [0.15, 0.2) is 47.3 Å². The van der Waals surface area contributed by atoms with E-state index >= 15 is 0 Å². The molecule has 0 saturated heterocycles. The number of nitrogens with one attached hydrogen (secondary N) is 1. The van der Waals surface area contributed by atoms with Crippen molar-refractivity contribution in [1.82, 2.24) is 29.1 Å². The molecule has 1 fully saturated rings. The zero-order valence-electron chi connectivity index (χ0n) is 18.1. The van der Waals surface area contributed by atoms with Crippen LogP contribution in [-0.2, 0) is 7.05 Å². The second-order valence-corrected chi connectivity index (χ2v) is 8.45. The number of anilines is 1. The molecule has 1 aliphatic carbocycles. The summed E-state index contributed by atoms with van der Waals surface area (Å²) >= 11 is 0. The number of aromatic nitrogens is 6. The number of benzene rings is 1. The summed E-state index contributed by atoms with van der Waals surface area (Å²) in [6.45, 7) is 3.95. The summed E-state index contributed by atoms with van der Waals surface area (Å²) in [5.41, 5.74) is 4.00. The molecule has 8 nitrogen and oxygen atoms in total. The van der Waals surface area contributed by atoms with Crippen LogP contribution in [-0.4, -0.2) is 35.2 Å². The molecule has 4 aromatic rings. The molecule has 0 bridgehead atoms. The van der Waals surface area contributed by atoms with E-state index in [9.17, 15) is 4.79 Å². The lowest BCUT2D eigenvalue weighted by atomic mass is 9.91. The van der Waals surface area contributed by atoms with Gasteiger partial charge in [0.05, 0.1) is 22.8 Å². The minimum Gasteiger partial charge on any atom is -0.353 e. The Bertz CT molecular complexity index is 1290. The molecular weight excluding hydrogens is 390 g/mol. The Balaban J connectivity index is 1.31. The summed E-state index contributed by atoms with van der Waals surface area (Å²) in [5.74, 6) is 1.58. The van der Waals surface area contributed by atoms with E-state index in [0.29, 0.717) is 11.9 Å². The summed E-state index contributed by atoms with van der Waals surface area (Å²) in [7, 11) is 2.04. The second-order valence-electron chi connectivity index (χ2n) is 8.45. The van der Waals surface area contributed by atoms with Gasteiger partial charge in [-0.2, -0.15) is 5.10 Å². The highest BCUT2D eigenvalue weighted by Crippen LogP contribution is 2.29. The maximum absolute atomic E-state index is 12.6. The lowest BCUT2D eigenvalue weighted by Gasteiger charge is -2.29. The SMILES string of the molecule is Cc1cc(C)n(-c2ccc(=O)n(C3CCC(Nc4nc5ccccc5n4C)CC3)n2)n1. The van der Waals surface area contributed by atoms with Crippen LogP contribution in [0.25, 0.3) is 16.9 Å². The number of imidazole rings is 1. The molecule has 0 unspecified atom stereocenters. The summed E-state index contributed by atoms with van der Waals surface area (Å²) in [5, 5.41) is 12.8. The van der Waals surface area contributed by atoms with Crippen LogP contribution in [0.3, 0.4) is 0 Å². The summed E-state index contributed by atoms with van der Waals surface area (Å²) < 4.78 is 5.55. The number of fused-ring (bicyclic) bond motifs is 1. The van der Waals surface area contributed by atoms with Crippen molar-refractivity contribution in [2.24, 2.45) is 7.05 Å². The van der Waals surface area contributed by atoms with E-state index in [-0.39, 0.29) is 11.6 Å². The van der Waals surface area contributed by atoms with Gasteiger partial charge in [-0.1, -0.05) is 12.1 Å². The molecule has 8 heteroatoms. The minimum absolute atomic E-state index is 0.0583. The van der Waals surface area contributed by atoms with Gasteiger partial charge in [0.1, 0.15) is 0 Å². The fourth-order valence-corrected chi connectivity index (χ4v) is 4.57. The molecule has 0 spiro atoms. The third kappa shape index (κ3) is 3.62. The monoisotopic (exact) mass is 417 g/mol. The molecule has 0 atom stereocenters. The van der Waals surface area contributed by atoms with Crippen LogP contribution >= 0.6 is 0 Å². The molecule has 31 heavy (non-hydrogen) atoms. The van der Waals surface area contributed by atoms with Gasteiger partial charge in [0, 0.05) is 24.8 Å². The van der Waals surface area contributed by atoms with Crippen molar-refractivity contribution in [3.8, 4) is 5.82 Å². The summed E-state index contributed by atoms with van der Waals surface area (Å²) in [4.78, 5) is 17.3. The van der Waals surface area contributed by atoms with E-state index in [1.54, 1.807) is 21.5 Å². The average molecular weight is 418 g/mol. The highest BCUT2D eigenvalue weighted by atomic mass is 16.1. The predicted molar refractivity (Wildman–Crippen MR) is 121 cm³/mol. The third-order valence-electron chi connectivity index (χ3n) is 6.20. The van der Waals surface area contributed by atoms with Gasteiger partial charge in [0.25, 0.3) is 5.56 Å². The van der Waals surface area contributed by atoms with Crippen LogP contribution in [0, 0.1) is 13.8 Å². The first-order valence-corrected chi connectivity index (χ1v) is 10.8. The predicted octanol–water partition coefficient (Wildman–Crippen LogP) is 3.53. The summed E-state index contributed by atoms with van der Waals surface area (Å²) in [6.07, 6.45) is 3.72. The smallest absolute Gasteiger partial charge is 0.267 e. The van der Waals surface area contributed by atoms with Crippen LogP contribution in [0.2, 0.25) is 0 Å². The van der Waals surface area contributed by atoms with Gasteiger partial charge in [-0.15, -0.1) is 5.10 Å². The van der Waals surface area contributed by atoms with Crippen molar-refractivity contribution in [3.63, 3.8) is 0 Å². The fourth-order valence-electron chi connectivity index (χ4n) is 4.57. The molecule has 0 radical (unpaired) electrons. The molecule has 160 valence electrons. The van der Waals surface area contributed by atoms with Gasteiger partial charge in [-0.25, -0.2) is 14.3 Å². The van der Waals surface area contributed by atoms with Crippen LogP contribution < -0.4 is 10.9 Å². The minimum atomic E-state index is -0.0583. The van der Waals surface area contributed by atoms with Crippen molar-refractivity contribution in [1.29, 1.82) is 0 Å². The van der Waals surface area contributed by atoms with E-state index < -0.39 is 0 Å². The number of rotatable bonds is 4. The number of hydrogen-bond acceptors (Lipinski definition) is 5. The molecule has 0 amide bonds. The van der Waals surface area contributed by atoms with Gasteiger partial charge in [0.2, 0.25) is 5.95 Å². The van der Waals surface area contributed by atoms with Gasteiger partial charge < -0.3 is 9.88 Å². The molecule has 1 N–H and O–H groups in total. The first-order chi connectivity index (χ1) is 15.0. The zero-order chi connectivity index (χ0) is 21.5. The molecule has 0 aliphatic heterocycles. The van der Waals surface area contributed by atoms with E-state index in [2.05, 4.69) is 26.1 Å². The first kappa shape index (κ1) is 19.5. The topological polar surface area (TPSA) is 82.6 Å². The van der Waals surface area contributed by atoms with Crippen molar-refractivity contribution in [2.75, 3.05) is 5.32 Å². The van der Waals surface area contributed by atoms with Gasteiger partial charge in [0.15, 0.2) is 5.82 Å². The van der Waals surface area contributed by atoms with E-state index in [0.717, 1.165) is 54.1 Å². The molecule has 3 aromatic heterocycles. The molecule has 1 aliphatic rings. The Hall–Kier alpha value is -3.42. The Kier molecular flexibility index (Phi) is 4.84. The maximum Gasteiger partial charge on any atom is 0.267 e. The Labute approximate surface area is 180 Å². The highest BCUT2D eigenvalue weighted by Gasteiger charge is 2.25. The Morgan fingerprint density at radius 1 is 1.00 bits per heavy atom. The van der Waals surface area contributed by atoms with Crippen LogP contribution in [0.5, 0.6) is 0 Å². The van der Waals surface area contributed by atoms with Gasteiger partial charge in [-0.3, -0.25) is 4.79 Å². The summed E-state index contributed by atoms with van der Waals surface area (Å²) in [6, 6.07) is 13.9. The number of aryl methyl sites for hydroxylation is 3. The average Bonchev–Trinajstić information content (AvgIpc) is 3.27. The normalized spacial score (nSPS) is 19.1. The third-order valence-corrected chi connectivity index (χ3v) is 6.20. The van der Waals surface area contributed by atoms with Crippen LogP contribution in [0.1, 0.15) is 43.1 Å². The molecular formula is C23H27N7O. The lowest BCUT2D eigenvalue weighted by molar-refractivity contribution is 0.302. The number of hydrogen-bond donors (Lipinski definition) is 1.